The maximum atomic E-state index is 12.3. The van der Waals surface area contributed by atoms with E-state index in [-0.39, 0.29) is 30.2 Å². The van der Waals surface area contributed by atoms with Gasteiger partial charge in [0.1, 0.15) is 0 Å². The molecule has 4 rings (SSSR count). The lowest BCUT2D eigenvalue weighted by Gasteiger charge is -2.28. The van der Waals surface area contributed by atoms with E-state index < -0.39 is 18.5 Å². The molecule has 3 amide bonds. The van der Waals surface area contributed by atoms with Crippen LogP contribution >= 0.6 is 0 Å². The number of nitrogens with zero attached hydrogens (tertiary/aromatic N) is 2. The van der Waals surface area contributed by atoms with Crippen molar-refractivity contribution in [2.24, 2.45) is 0 Å². The van der Waals surface area contributed by atoms with Crippen molar-refractivity contribution < 1.29 is 28.7 Å². The first-order chi connectivity index (χ1) is 16.0. The number of hydrogen-bond acceptors (Lipinski definition) is 7. The van der Waals surface area contributed by atoms with Crippen LogP contribution in [-0.2, 0) is 23.9 Å². The standard InChI is InChI=1S/C23H24N4O6/c28-20-9-10-22(30)27(25-20)19-5-1-16(2-6-19)23(31)33-15-21(29)24-17-3-7-18(8-4-17)26-11-13-32-14-12-26/h1-8H,9-15H2,(H,24,29)(H,25,28). The molecule has 33 heavy (non-hydrogen) atoms. The fraction of sp³-hybridized carbons (Fsp3) is 0.304. The van der Waals surface area contributed by atoms with Crippen molar-refractivity contribution in [1.29, 1.82) is 0 Å². The third-order valence-electron chi connectivity index (χ3n) is 5.27. The second-order valence-electron chi connectivity index (χ2n) is 7.58. The lowest BCUT2D eigenvalue weighted by molar-refractivity contribution is -0.130. The zero-order valence-electron chi connectivity index (χ0n) is 17.9. The molecule has 0 saturated carbocycles. The molecule has 2 fully saturated rings. The Balaban J connectivity index is 1.26. The second-order valence-corrected chi connectivity index (χ2v) is 7.58. The summed E-state index contributed by atoms with van der Waals surface area (Å²) in [5.41, 5.74) is 4.79. The lowest BCUT2D eigenvalue weighted by atomic mass is 10.2. The normalized spacial score (nSPS) is 16.2. The van der Waals surface area contributed by atoms with Crippen LogP contribution in [0.3, 0.4) is 0 Å². The van der Waals surface area contributed by atoms with Crippen LogP contribution in [0, 0.1) is 0 Å². The molecule has 0 bridgehead atoms. The SMILES string of the molecule is O=C(COC(=O)c1ccc(N2NC(=O)CCC2=O)cc1)Nc1ccc(N2CCOCC2)cc1. The summed E-state index contributed by atoms with van der Waals surface area (Å²) in [6.07, 6.45) is 0.278. The van der Waals surface area contributed by atoms with E-state index in [1.54, 1.807) is 12.1 Å². The predicted molar refractivity (Wildman–Crippen MR) is 120 cm³/mol. The summed E-state index contributed by atoms with van der Waals surface area (Å²) in [4.78, 5) is 50.1. The topological polar surface area (TPSA) is 117 Å². The van der Waals surface area contributed by atoms with E-state index in [4.69, 9.17) is 9.47 Å². The van der Waals surface area contributed by atoms with Crippen LogP contribution in [0.1, 0.15) is 23.2 Å². The molecule has 2 heterocycles. The van der Waals surface area contributed by atoms with Gasteiger partial charge in [0.2, 0.25) is 11.8 Å². The van der Waals surface area contributed by atoms with Gasteiger partial charge in [0.15, 0.2) is 6.61 Å². The molecule has 0 aliphatic carbocycles. The number of ether oxygens (including phenoxy) is 2. The summed E-state index contributed by atoms with van der Waals surface area (Å²) in [6.45, 7) is 2.60. The fourth-order valence-corrected chi connectivity index (χ4v) is 3.52. The number of esters is 1. The maximum Gasteiger partial charge on any atom is 0.338 e. The van der Waals surface area contributed by atoms with Gasteiger partial charge in [-0.05, 0) is 48.5 Å². The minimum atomic E-state index is -0.673. The zero-order chi connectivity index (χ0) is 23.2. The number of carbonyl (C=O) groups excluding carboxylic acids is 4. The first-order valence-corrected chi connectivity index (χ1v) is 10.6. The van der Waals surface area contributed by atoms with Crippen molar-refractivity contribution in [1.82, 2.24) is 5.43 Å². The molecule has 2 aromatic carbocycles. The molecular weight excluding hydrogens is 428 g/mol. The van der Waals surface area contributed by atoms with Gasteiger partial charge in [-0.25, -0.2) is 9.80 Å². The molecule has 0 spiro atoms. The Morgan fingerprint density at radius 3 is 2.30 bits per heavy atom. The van der Waals surface area contributed by atoms with Gasteiger partial charge in [-0.1, -0.05) is 0 Å². The van der Waals surface area contributed by atoms with Crippen LogP contribution in [0.4, 0.5) is 17.1 Å². The molecule has 2 aliphatic heterocycles. The Labute approximate surface area is 190 Å². The third kappa shape index (κ3) is 5.66. The smallest absolute Gasteiger partial charge is 0.338 e. The van der Waals surface area contributed by atoms with Crippen LogP contribution in [0.25, 0.3) is 0 Å². The van der Waals surface area contributed by atoms with Gasteiger partial charge < -0.3 is 19.7 Å². The summed E-state index contributed by atoms with van der Waals surface area (Å²) in [5, 5.41) is 3.85. The van der Waals surface area contributed by atoms with Crippen LogP contribution in [-0.4, -0.2) is 56.6 Å². The number of amides is 3. The average molecular weight is 452 g/mol. The highest BCUT2D eigenvalue weighted by Crippen LogP contribution is 2.20. The quantitative estimate of drug-likeness (QED) is 0.638. The Morgan fingerprint density at radius 2 is 1.61 bits per heavy atom. The van der Waals surface area contributed by atoms with Crippen molar-refractivity contribution >= 4 is 40.8 Å². The summed E-state index contributed by atoms with van der Waals surface area (Å²) in [7, 11) is 0. The van der Waals surface area contributed by atoms with Crippen molar-refractivity contribution in [2.75, 3.05) is 48.1 Å². The van der Waals surface area contributed by atoms with Gasteiger partial charge in [0.25, 0.3) is 5.91 Å². The number of nitrogens with one attached hydrogen (secondary N) is 2. The van der Waals surface area contributed by atoms with Crippen LogP contribution in [0.2, 0.25) is 0 Å². The van der Waals surface area contributed by atoms with E-state index in [1.807, 2.05) is 12.1 Å². The predicted octanol–water partition coefficient (Wildman–Crippen LogP) is 1.48. The minimum Gasteiger partial charge on any atom is -0.452 e. The van der Waals surface area contributed by atoms with E-state index in [2.05, 4.69) is 15.6 Å². The van der Waals surface area contributed by atoms with Gasteiger partial charge in [-0.15, -0.1) is 0 Å². The Bertz CT molecular complexity index is 1030. The largest absolute Gasteiger partial charge is 0.452 e. The summed E-state index contributed by atoms with van der Waals surface area (Å²) in [5.74, 6) is -1.62. The molecule has 2 N–H and O–H groups in total. The number of hydrogen-bond donors (Lipinski definition) is 2. The molecule has 2 aromatic rings. The first-order valence-electron chi connectivity index (χ1n) is 10.6. The summed E-state index contributed by atoms with van der Waals surface area (Å²) in [6, 6.07) is 13.4. The van der Waals surface area contributed by atoms with Crippen molar-refractivity contribution in [3.63, 3.8) is 0 Å². The van der Waals surface area contributed by atoms with Crippen molar-refractivity contribution in [3.8, 4) is 0 Å². The van der Waals surface area contributed by atoms with E-state index in [1.165, 1.54) is 24.3 Å². The van der Waals surface area contributed by atoms with E-state index in [0.29, 0.717) is 24.6 Å². The molecule has 0 radical (unpaired) electrons. The molecule has 0 aromatic heterocycles. The summed E-state index contributed by atoms with van der Waals surface area (Å²) < 4.78 is 10.4. The molecule has 172 valence electrons. The molecule has 10 heteroatoms. The van der Waals surface area contributed by atoms with Gasteiger partial charge in [-0.3, -0.25) is 19.8 Å². The average Bonchev–Trinajstić information content (AvgIpc) is 2.85. The highest BCUT2D eigenvalue weighted by atomic mass is 16.5. The van der Waals surface area contributed by atoms with Crippen LogP contribution < -0.4 is 20.7 Å². The van der Waals surface area contributed by atoms with E-state index in [0.717, 1.165) is 23.8 Å². The zero-order valence-corrected chi connectivity index (χ0v) is 17.9. The lowest BCUT2D eigenvalue weighted by Crippen LogP contribution is -2.50. The van der Waals surface area contributed by atoms with Gasteiger partial charge in [-0.2, -0.15) is 0 Å². The molecule has 0 unspecified atom stereocenters. The number of carbonyl (C=O) groups is 4. The van der Waals surface area contributed by atoms with E-state index in [9.17, 15) is 19.2 Å². The number of hydrazine groups is 1. The van der Waals surface area contributed by atoms with Gasteiger partial charge in [0, 0.05) is 37.3 Å². The number of anilines is 3. The third-order valence-corrected chi connectivity index (χ3v) is 5.27. The van der Waals surface area contributed by atoms with Crippen molar-refractivity contribution in [3.05, 3.63) is 54.1 Å². The highest BCUT2D eigenvalue weighted by molar-refractivity contribution is 6.01. The van der Waals surface area contributed by atoms with E-state index >= 15 is 0 Å². The number of morpholine rings is 1. The van der Waals surface area contributed by atoms with Gasteiger partial charge in [0.05, 0.1) is 24.5 Å². The summed E-state index contributed by atoms with van der Waals surface area (Å²) >= 11 is 0. The molecule has 2 aliphatic rings. The van der Waals surface area contributed by atoms with Crippen LogP contribution in [0.5, 0.6) is 0 Å². The second kappa shape index (κ2) is 10.1. The minimum absolute atomic E-state index is 0.126. The van der Waals surface area contributed by atoms with Gasteiger partial charge >= 0.3 is 5.97 Å². The maximum absolute atomic E-state index is 12.3. The molecular formula is C23H24N4O6. The fourth-order valence-electron chi connectivity index (χ4n) is 3.52. The molecule has 10 nitrogen and oxygen atoms in total. The van der Waals surface area contributed by atoms with Crippen LogP contribution in [0.15, 0.2) is 48.5 Å². The molecule has 2 saturated heterocycles. The Kier molecular flexibility index (Phi) is 6.84. The van der Waals surface area contributed by atoms with Crippen molar-refractivity contribution in [2.45, 2.75) is 12.8 Å². The number of benzene rings is 2. The molecule has 0 atom stereocenters. The number of rotatable bonds is 6. The highest BCUT2D eigenvalue weighted by Gasteiger charge is 2.24. The Morgan fingerprint density at radius 1 is 0.939 bits per heavy atom. The monoisotopic (exact) mass is 452 g/mol. The Hall–Kier alpha value is -3.92. The first kappa shape index (κ1) is 22.3.